The van der Waals surface area contributed by atoms with Crippen LogP contribution in [0.2, 0.25) is 0 Å². The molecule has 0 spiro atoms. The fourth-order valence-electron chi connectivity index (χ4n) is 4.22. The first-order valence-corrected chi connectivity index (χ1v) is 10.3. The minimum absolute atomic E-state index is 0.0561. The lowest BCUT2D eigenvalue weighted by Gasteiger charge is -2.44. The van der Waals surface area contributed by atoms with Gasteiger partial charge in [0.15, 0.2) is 0 Å². The number of aromatic nitrogens is 3. The number of carbonyl (C=O) groups excluding carboxylic acids is 1. The highest BCUT2D eigenvalue weighted by Crippen LogP contribution is 2.58. The van der Waals surface area contributed by atoms with E-state index >= 15 is 0 Å². The molecule has 5 rings (SSSR count). The highest BCUT2D eigenvalue weighted by atomic mass is 19.4. The number of nitrogens with zero attached hydrogens (tertiary/aromatic N) is 4. The minimum atomic E-state index is -4.30. The summed E-state index contributed by atoms with van der Waals surface area (Å²) in [6, 6.07) is 7.40. The van der Waals surface area contributed by atoms with Crippen LogP contribution in [0.15, 0.2) is 42.9 Å². The van der Waals surface area contributed by atoms with Crippen molar-refractivity contribution in [2.24, 2.45) is 12.5 Å². The Kier molecular flexibility index (Phi) is 4.56. The lowest BCUT2D eigenvalue weighted by molar-refractivity contribution is -0.199. The summed E-state index contributed by atoms with van der Waals surface area (Å²) in [5, 5.41) is 8.29. The van der Waals surface area contributed by atoms with Crippen molar-refractivity contribution in [2.75, 3.05) is 25.0 Å². The van der Waals surface area contributed by atoms with Gasteiger partial charge in [-0.2, -0.15) is 18.3 Å². The molecule has 3 aromatic rings. The van der Waals surface area contributed by atoms with E-state index in [1.165, 1.54) is 4.90 Å². The number of carbonyl (C=O) groups is 1. The van der Waals surface area contributed by atoms with Crippen LogP contribution in [0.25, 0.3) is 21.9 Å². The molecule has 1 aliphatic heterocycles. The monoisotopic (exact) mass is 447 g/mol. The summed E-state index contributed by atoms with van der Waals surface area (Å²) in [4.78, 5) is 18.0. The number of nitrogens with one attached hydrogen (secondary N) is 1. The number of benzene rings is 1. The maximum absolute atomic E-state index is 15.0. The molecular formula is C22H21F4N5O. The van der Waals surface area contributed by atoms with Gasteiger partial charge < -0.3 is 5.32 Å². The summed E-state index contributed by atoms with van der Waals surface area (Å²) < 4.78 is 56.0. The van der Waals surface area contributed by atoms with Gasteiger partial charge in [0.1, 0.15) is 5.82 Å². The molecule has 168 valence electrons. The molecule has 1 saturated heterocycles. The van der Waals surface area contributed by atoms with Crippen molar-refractivity contribution in [2.45, 2.75) is 24.7 Å². The fourth-order valence-corrected chi connectivity index (χ4v) is 4.22. The van der Waals surface area contributed by atoms with Crippen LogP contribution in [-0.2, 0) is 11.8 Å². The zero-order valence-corrected chi connectivity index (χ0v) is 17.3. The van der Waals surface area contributed by atoms with Gasteiger partial charge in [0.2, 0.25) is 5.67 Å². The molecule has 1 amide bonds. The second-order valence-electron chi connectivity index (χ2n) is 8.88. The zero-order chi connectivity index (χ0) is 22.7. The van der Waals surface area contributed by atoms with Gasteiger partial charge in [0.05, 0.1) is 11.6 Å². The van der Waals surface area contributed by atoms with E-state index in [2.05, 4.69) is 15.4 Å². The molecule has 1 aromatic carbocycles. The largest absolute Gasteiger partial charge is 0.395 e. The lowest BCUT2D eigenvalue weighted by Crippen LogP contribution is -2.66. The minimum Gasteiger partial charge on any atom is -0.308 e. The second-order valence-corrected chi connectivity index (χ2v) is 8.88. The summed E-state index contributed by atoms with van der Waals surface area (Å²) in [7, 11) is 1.82. The van der Waals surface area contributed by atoms with E-state index < -0.39 is 23.2 Å². The van der Waals surface area contributed by atoms with Crippen molar-refractivity contribution < 1.29 is 22.4 Å². The molecule has 2 aromatic heterocycles. The number of hydrogen-bond donors (Lipinski definition) is 1. The maximum atomic E-state index is 15.0. The first-order valence-electron chi connectivity index (χ1n) is 10.3. The van der Waals surface area contributed by atoms with Crippen molar-refractivity contribution in [1.82, 2.24) is 19.7 Å². The summed E-state index contributed by atoms with van der Waals surface area (Å²) in [5.74, 6) is -0.698. The van der Waals surface area contributed by atoms with E-state index in [0.717, 1.165) is 21.9 Å². The van der Waals surface area contributed by atoms with E-state index in [1.54, 1.807) is 23.1 Å². The molecule has 1 aliphatic carbocycles. The topological polar surface area (TPSA) is 63.1 Å². The molecule has 1 N–H and O–H groups in total. The van der Waals surface area contributed by atoms with Crippen LogP contribution in [0.5, 0.6) is 0 Å². The number of rotatable bonds is 5. The highest BCUT2D eigenvalue weighted by Gasteiger charge is 2.65. The first kappa shape index (κ1) is 20.9. The molecule has 10 heteroatoms. The predicted molar refractivity (Wildman–Crippen MR) is 111 cm³/mol. The first-order chi connectivity index (χ1) is 15.1. The third-order valence-corrected chi connectivity index (χ3v) is 6.34. The van der Waals surface area contributed by atoms with Crippen LogP contribution in [0.4, 0.5) is 23.4 Å². The Balaban J connectivity index is 1.26. The fraction of sp³-hybridized carbons (Fsp3) is 0.409. The molecule has 0 radical (unpaired) electrons. The van der Waals surface area contributed by atoms with Crippen LogP contribution in [-0.4, -0.2) is 57.1 Å². The Morgan fingerprint density at radius 3 is 2.50 bits per heavy atom. The third-order valence-electron chi connectivity index (χ3n) is 6.34. The Morgan fingerprint density at radius 2 is 1.88 bits per heavy atom. The van der Waals surface area contributed by atoms with Gasteiger partial charge in [-0.3, -0.25) is 14.4 Å². The second kappa shape index (κ2) is 6.99. The van der Waals surface area contributed by atoms with Crippen molar-refractivity contribution in [3.63, 3.8) is 0 Å². The van der Waals surface area contributed by atoms with E-state index in [-0.39, 0.29) is 38.3 Å². The van der Waals surface area contributed by atoms with Crippen molar-refractivity contribution in [3.05, 3.63) is 42.9 Å². The number of anilines is 1. The van der Waals surface area contributed by atoms with Crippen LogP contribution < -0.4 is 5.32 Å². The summed E-state index contributed by atoms with van der Waals surface area (Å²) in [6.07, 6.45) is 1.01. The maximum Gasteiger partial charge on any atom is 0.395 e. The van der Waals surface area contributed by atoms with Gasteiger partial charge in [0.25, 0.3) is 5.91 Å². The molecule has 0 atom stereocenters. The number of likely N-dealkylation sites (tertiary alicyclic amines) is 1. The Hall–Kier alpha value is -3.01. The van der Waals surface area contributed by atoms with Gasteiger partial charge in [-0.15, -0.1) is 0 Å². The molecule has 0 unspecified atom stereocenters. The summed E-state index contributed by atoms with van der Waals surface area (Å²) in [6.45, 7) is -0.967. The van der Waals surface area contributed by atoms with E-state index in [1.807, 2.05) is 31.4 Å². The van der Waals surface area contributed by atoms with Gasteiger partial charge in [-0.25, -0.2) is 9.37 Å². The number of amides is 1. The number of halogens is 4. The van der Waals surface area contributed by atoms with Crippen molar-refractivity contribution in [3.8, 4) is 11.1 Å². The van der Waals surface area contributed by atoms with Crippen LogP contribution in [0, 0.1) is 5.41 Å². The van der Waals surface area contributed by atoms with E-state index in [4.69, 9.17) is 0 Å². The Labute approximate surface area is 181 Å². The van der Waals surface area contributed by atoms with E-state index in [0.29, 0.717) is 0 Å². The molecule has 0 bridgehead atoms. The molecule has 2 fully saturated rings. The normalized spacial score (nSPS) is 19.5. The molecule has 3 heterocycles. The predicted octanol–water partition coefficient (Wildman–Crippen LogP) is 3.94. The van der Waals surface area contributed by atoms with Gasteiger partial charge in [-0.1, -0.05) is 12.1 Å². The van der Waals surface area contributed by atoms with Crippen LogP contribution in [0.1, 0.15) is 12.8 Å². The highest BCUT2D eigenvalue weighted by molar-refractivity contribution is 5.99. The zero-order valence-electron chi connectivity index (χ0n) is 17.3. The SMILES string of the molecule is Cn1cc(-c2ccc3cnc(NC(=O)C4(F)CN(CC5(C(F)(F)F)CC5)C4)cc3c2)cn1. The number of fused-ring (bicyclic) bond motifs is 1. The Bertz CT molecular complexity index is 1190. The third kappa shape index (κ3) is 3.62. The standard InChI is InChI=1S/C22H21F4N5O/c1-30-10-17(9-28-30)14-2-3-15-8-27-18(7-16(15)6-14)29-19(32)21(23)12-31(13-21)11-20(4-5-20)22(24,25)26/h2-3,6-10H,4-5,11-13H2,1H3,(H,27,29,32). The quantitative estimate of drug-likeness (QED) is 0.602. The number of aryl methyl sites for hydroxylation is 1. The molecular weight excluding hydrogens is 426 g/mol. The summed E-state index contributed by atoms with van der Waals surface area (Å²) >= 11 is 0. The molecule has 6 nitrogen and oxygen atoms in total. The summed E-state index contributed by atoms with van der Waals surface area (Å²) in [5.41, 5.74) is -2.10. The molecule has 1 saturated carbocycles. The van der Waals surface area contributed by atoms with Gasteiger partial charge >= 0.3 is 6.18 Å². The Morgan fingerprint density at radius 1 is 1.12 bits per heavy atom. The van der Waals surface area contributed by atoms with Crippen molar-refractivity contribution in [1.29, 1.82) is 0 Å². The number of hydrogen-bond acceptors (Lipinski definition) is 4. The van der Waals surface area contributed by atoms with E-state index in [9.17, 15) is 22.4 Å². The average molecular weight is 447 g/mol. The molecule has 2 aliphatic rings. The smallest absolute Gasteiger partial charge is 0.308 e. The van der Waals surface area contributed by atoms with Crippen molar-refractivity contribution >= 4 is 22.5 Å². The van der Waals surface area contributed by atoms with Crippen LogP contribution >= 0.6 is 0 Å². The van der Waals surface area contributed by atoms with Gasteiger partial charge in [-0.05, 0) is 35.9 Å². The number of pyridine rings is 1. The molecule has 32 heavy (non-hydrogen) atoms. The van der Waals surface area contributed by atoms with Gasteiger partial charge in [0, 0.05) is 50.0 Å². The van der Waals surface area contributed by atoms with Crippen LogP contribution in [0.3, 0.4) is 0 Å². The average Bonchev–Trinajstić information content (AvgIpc) is 3.38. The number of alkyl halides is 4. The lowest BCUT2D eigenvalue weighted by atomic mass is 9.92.